The normalized spacial score (nSPS) is 20.6. The van der Waals surface area contributed by atoms with E-state index in [0.717, 1.165) is 24.2 Å². The monoisotopic (exact) mass is 501 g/mol. The summed E-state index contributed by atoms with van der Waals surface area (Å²) in [5.41, 5.74) is 2.51. The Labute approximate surface area is 219 Å². The molecule has 2 aliphatic heterocycles. The van der Waals surface area contributed by atoms with Gasteiger partial charge < -0.3 is 19.8 Å². The van der Waals surface area contributed by atoms with E-state index in [1.54, 1.807) is 29.7 Å². The molecule has 1 saturated carbocycles. The number of carbonyl (C=O) groups excluding carboxylic acids is 1. The summed E-state index contributed by atoms with van der Waals surface area (Å²) in [4.78, 5) is 35.3. The molecule has 0 unspecified atom stereocenters. The number of aromatic amines is 2. The fourth-order valence-electron chi connectivity index (χ4n) is 6.66. The van der Waals surface area contributed by atoms with Gasteiger partial charge in [0.05, 0.1) is 13.1 Å². The minimum absolute atomic E-state index is 0.0213. The van der Waals surface area contributed by atoms with Gasteiger partial charge >= 0.3 is 0 Å². The highest BCUT2D eigenvalue weighted by atomic mass is 16.2. The van der Waals surface area contributed by atoms with Crippen molar-refractivity contribution in [3.8, 4) is 0 Å². The highest BCUT2D eigenvalue weighted by Crippen LogP contribution is 2.42. The fraction of sp³-hybridized carbons (Fsp3) is 0.552. The SMILES string of the molecule is O=C(c1ccc(CN2CC3(CCN(C4CCCCC4)CC3)C2)cc1)N(Cc1ncc[nH]1)Cc1ncc[nH]1. The third-order valence-corrected chi connectivity index (χ3v) is 8.75. The zero-order valence-electron chi connectivity index (χ0n) is 21.7. The lowest BCUT2D eigenvalue weighted by molar-refractivity contribution is -0.0603. The molecule has 6 rings (SSSR count). The van der Waals surface area contributed by atoms with E-state index >= 15 is 0 Å². The number of nitrogens with zero attached hydrogens (tertiary/aromatic N) is 5. The molecule has 3 aliphatic rings. The molecule has 1 aromatic carbocycles. The van der Waals surface area contributed by atoms with Gasteiger partial charge in [0, 0.05) is 56.0 Å². The number of hydrogen-bond donors (Lipinski definition) is 2. The van der Waals surface area contributed by atoms with Crippen molar-refractivity contribution in [2.45, 2.75) is 70.6 Å². The Balaban J connectivity index is 1.01. The van der Waals surface area contributed by atoms with E-state index in [9.17, 15) is 4.79 Å². The van der Waals surface area contributed by atoms with Crippen LogP contribution in [-0.4, -0.2) is 72.8 Å². The molecule has 1 amide bonds. The number of piperidine rings is 1. The lowest BCUT2D eigenvalue weighted by Gasteiger charge is -2.55. The predicted molar refractivity (Wildman–Crippen MR) is 143 cm³/mol. The molecular formula is C29H39N7O. The van der Waals surface area contributed by atoms with Crippen LogP contribution in [0.1, 0.15) is 72.5 Å². The van der Waals surface area contributed by atoms with E-state index in [4.69, 9.17) is 0 Å². The summed E-state index contributed by atoms with van der Waals surface area (Å²) in [6, 6.07) is 9.02. The summed E-state index contributed by atoms with van der Waals surface area (Å²) in [5.74, 6) is 1.49. The van der Waals surface area contributed by atoms with Crippen LogP contribution in [0.15, 0.2) is 49.1 Å². The van der Waals surface area contributed by atoms with Crippen molar-refractivity contribution < 1.29 is 4.79 Å². The maximum Gasteiger partial charge on any atom is 0.254 e. The van der Waals surface area contributed by atoms with E-state index in [2.05, 4.69) is 41.9 Å². The number of imidazole rings is 2. The molecule has 4 heterocycles. The van der Waals surface area contributed by atoms with E-state index in [-0.39, 0.29) is 5.91 Å². The van der Waals surface area contributed by atoms with Crippen molar-refractivity contribution in [1.82, 2.24) is 34.6 Å². The average molecular weight is 502 g/mol. The van der Waals surface area contributed by atoms with Crippen LogP contribution in [0.4, 0.5) is 0 Å². The summed E-state index contributed by atoms with van der Waals surface area (Å²) in [6.07, 6.45) is 16.8. The van der Waals surface area contributed by atoms with Crippen LogP contribution in [0.3, 0.4) is 0 Å². The molecular weight excluding hydrogens is 462 g/mol. The van der Waals surface area contributed by atoms with Gasteiger partial charge in [-0.05, 0) is 61.9 Å². The van der Waals surface area contributed by atoms with Gasteiger partial charge in [-0.15, -0.1) is 0 Å². The van der Waals surface area contributed by atoms with E-state index in [1.165, 1.54) is 76.7 Å². The van der Waals surface area contributed by atoms with E-state index in [0.29, 0.717) is 24.1 Å². The number of H-pyrrole nitrogens is 2. The Bertz CT molecular complexity index is 1080. The molecule has 0 radical (unpaired) electrons. The quantitative estimate of drug-likeness (QED) is 0.483. The van der Waals surface area contributed by atoms with Crippen molar-refractivity contribution in [2.75, 3.05) is 26.2 Å². The van der Waals surface area contributed by atoms with Crippen LogP contribution in [0, 0.1) is 5.41 Å². The summed E-state index contributed by atoms with van der Waals surface area (Å²) in [7, 11) is 0. The van der Waals surface area contributed by atoms with Crippen LogP contribution in [-0.2, 0) is 19.6 Å². The van der Waals surface area contributed by atoms with Crippen LogP contribution >= 0.6 is 0 Å². The van der Waals surface area contributed by atoms with Crippen LogP contribution in [0.5, 0.6) is 0 Å². The lowest BCUT2D eigenvalue weighted by Crippen LogP contribution is -2.60. The second kappa shape index (κ2) is 10.8. The summed E-state index contributed by atoms with van der Waals surface area (Å²) in [6.45, 7) is 6.79. The van der Waals surface area contributed by atoms with Gasteiger partial charge in [-0.3, -0.25) is 9.69 Å². The molecule has 3 aromatic rings. The van der Waals surface area contributed by atoms with Crippen LogP contribution < -0.4 is 0 Å². The minimum Gasteiger partial charge on any atom is -0.347 e. The number of nitrogens with one attached hydrogen (secondary N) is 2. The molecule has 2 aromatic heterocycles. The van der Waals surface area contributed by atoms with Gasteiger partial charge in [0.2, 0.25) is 0 Å². The molecule has 8 nitrogen and oxygen atoms in total. The number of aromatic nitrogens is 4. The van der Waals surface area contributed by atoms with Gasteiger partial charge in [0.25, 0.3) is 5.91 Å². The highest BCUT2D eigenvalue weighted by Gasteiger charge is 2.45. The minimum atomic E-state index is -0.0213. The standard InChI is InChI=1S/C29H39N7O/c37-28(36(19-26-30-12-13-31-26)20-27-32-14-15-33-27)24-8-6-23(7-9-24)18-34-21-29(22-34)10-16-35(17-11-29)25-4-2-1-3-5-25/h6-9,12-15,25H,1-5,10-11,16-22H2,(H,30,31)(H,32,33). The molecule has 1 aliphatic carbocycles. The fourth-order valence-corrected chi connectivity index (χ4v) is 6.66. The number of benzene rings is 1. The Kier molecular flexibility index (Phi) is 7.11. The number of amides is 1. The van der Waals surface area contributed by atoms with E-state index in [1.807, 2.05) is 12.1 Å². The second-order valence-electron chi connectivity index (χ2n) is 11.4. The summed E-state index contributed by atoms with van der Waals surface area (Å²) in [5, 5.41) is 0. The lowest BCUT2D eigenvalue weighted by atomic mass is 9.71. The summed E-state index contributed by atoms with van der Waals surface area (Å²) < 4.78 is 0. The van der Waals surface area contributed by atoms with Crippen molar-refractivity contribution in [2.24, 2.45) is 5.41 Å². The topological polar surface area (TPSA) is 84.2 Å². The predicted octanol–water partition coefficient (Wildman–Crippen LogP) is 4.21. The first-order valence-electron chi connectivity index (χ1n) is 14.0. The maximum atomic E-state index is 13.4. The van der Waals surface area contributed by atoms with Gasteiger partial charge in [-0.2, -0.15) is 0 Å². The highest BCUT2D eigenvalue weighted by molar-refractivity contribution is 5.94. The van der Waals surface area contributed by atoms with Gasteiger partial charge in [-0.1, -0.05) is 31.4 Å². The van der Waals surface area contributed by atoms with Crippen molar-refractivity contribution >= 4 is 5.91 Å². The van der Waals surface area contributed by atoms with Gasteiger partial charge in [-0.25, -0.2) is 9.97 Å². The zero-order chi connectivity index (χ0) is 25.1. The molecule has 1 spiro atoms. The number of rotatable bonds is 8. The third-order valence-electron chi connectivity index (χ3n) is 8.75. The summed E-state index contributed by atoms with van der Waals surface area (Å²) >= 11 is 0. The molecule has 37 heavy (non-hydrogen) atoms. The van der Waals surface area contributed by atoms with Crippen LogP contribution in [0.25, 0.3) is 0 Å². The number of hydrogen-bond acceptors (Lipinski definition) is 5. The van der Waals surface area contributed by atoms with Crippen LogP contribution in [0.2, 0.25) is 0 Å². The molecule has 0 atom stereocenters. The van der Waals surface area contributed by atoms with Crippen molar-refractivity contribution in [1.29, 1.82) is 0 Å². The number of likely N-dealkylation sites (tertiary alicyclic amines) is 2. The maximum absolute atomic E-state index is 13.4. The van der Waals surface area contributed by atoms with Crippen molar-refractivity contribution in [3.05, 3.63) is 71.8 Å². The first-order valence-corrected chi connectivity index (χ1v) is 14.0. The smallest absolute Gasteiger partial charge is 0.254 e. The molecule has 0 bridgehead atoms. The molecule has 2 N–H and O–H groups in total. The zero-order valence-corrected chi connectivity index (χ0v) is 21.7. The molecule has 196 valence electrons. The Hall–Kier alpha value is -2.97. The first-order chi connectivity index (χ1) is 18.2. The van der Waals surface area contributed by atoms with E-state index < -0.39 is 0 Å². The van der Waals surface area contributed by atoms with Gasteiger partial charge in [0.1, 0.15) is 11.6 Å². The largest absolute Gasteiger partial charge is 0.347 e. The Morgan fingerprint density at radius 3 is 2.11 bits per heavy atom. The molecule has 3 fully saturated rings. The molecule has 8 heteroatoms. The Morgan fingerprint density at radius 1 is 0.919 bits per heavy atom. The molecule has 2 saturated heterocycles. The Morgan fingerprint density at radius 2 is 1.54 bits per heavy atom. The first kappa shape index (κ1) is 24.4. The number of carbonyl (C=O) groups is 1. The van der Waals surface area contributed by atoms with Crippen molar-refractivity contribution in [3.63, 3.8) is 0 Å². The average Bonchev–Trinajstić information content (AvgIpc) is 3.63. The van der Waals surface area contributed by atoms with Gasteiger partial charge in [0.15, 0.2) is 0 Å². The second-order valence-corrected chi connectivity index (χ2v) is 11.4. The third kappa shape index (κ3) is 5.65.